The standard InChI is InChI=1S/C19H27NO/c21-19(20-14-15-6-2-1-3-7-15)13-16-10-11-17-8-4-5-9-18(17)12-16/h10-12,15H,1-9,13-14H2,(H,20,21). The van der Waals surface area contributed by atoms with Crippen LogP contribution in [0.25, 0.3) is 0 Å². The molecule has 0 heterocycles. The Kier molecular flexibility index (Phi) is 4.95. The summed E-state index contributed by atoms with van der Waals surface area (Å²) in [6.07, 6.45) is 12.2. The van der Waals surface area contributed by atoms with Gasteiger partial charge in [-0.2, -0.15) is 0 Å². The third-order valence-electron chi connectivity index (χ3n) is 5.09. The number of amides is 1. The second kappa shape index (κ2) is 7.11. The van der Waals surface area contributed by atoms with Crippen molar-refractivity contribution in [2.75, 3.05) is 6.54 Å². The third-order valence-corrected chi connectivity index (χ3v) is 5.09. The number of aryl methyl sites for hydroxylation is 2. The quantitative estimate of drug-likeness (QED) is 0.895. The number of fused-ring (bicyclic) bond motifs is 1. The fourth-order valence-electron chi connectivity index (χ4n) is 3.79. The fraction of sp³-hybridized carbons (Fsp3) is 0.632. The molecule has 3 rings (SSSR count). The normalized spacial score (nSPS) is 19.0. The lowest BCUT2D eigenvalue weighted by Gasteiger charge is -2.21. The van der Waals surface area contributed by atoms with E-state index in [0.717, 1.165) is 6.54 Å². The van der Waals surface area contributed by atoms with E-state index in [2.05, 4.69) is 23.5 Å². The summed E-state index contributed by atoms with van der Waals surface area (Å²) in [5.41, 5.74) is 4.14. The molecule has 1 saturated carbocycles. The highest BCUT2D eigenvalue weighted by Crippen LogP contribution is 2.23. The zero-order valence-electron chi connectivity index (χ0n) is 13.0. The Morgan fingerprint density at radius 3 is 2.57 bits per heavy atom. The van der Waals surface area contributed by atoms with E-state index in [0.29, 0.717) is 12.3 Å². The van der Waals surface area contributed by atoms with Crippen molar-refractivity contribution < 1.29 is 4.79 Å². The van der Waals surface area contributed by atoms with Crippen LogP contribution in [0.5, 0.6) is 0 Å². The molecular formula is C19H27NO. The van der Waals surface area contributed by atoms with Gasteiger partial charge in [0.15, 0.2) is 0 Å². The second-order valence-corrected chi connectivity index (χ2v) is 6.80. The van der Waals surface area contributed by atoms with Crippen molar-refractivity contribution in [1.82, 2.24) is 5.32 Å². The maximum absolute atomic E-state index is 12.1. The molecule has 0 saturated heterocycles. The number of nitrogens with one attached hydrogen (secondary N) is 1. The summed E-state index contributed by atoms with van der Waals surface area (Å²) in [4.78, 5) is 12.1. The Bertz CT molecular complexity index is 488. The highest BCUT2D eigenvalue weighted by atomic mass is 16.1. The minimum absolute atomic E-state index is 0.191. The number of benzene rings is 1. The van der Waals surface area contributed by atoms with E-state index in [1.165, 1.54) is 74.5 Å². The van der Waals surface area contributed by atoms with Crippen molar-refractivity contribution in [1.29, 1.82) is 0 Å². The lowest BCUT2D eigenvalue weighted by atomic mass is 9.89. The van der Waals surface area contributed by atoms with E-state index < -0.39 is 0 Å². The molecule has 0 unspecified atom stereocenters. The lowest BCUT2D eigenvalue weighted by Crippen LogP contribution is -2.31. The van der Waals surface area contributed by atoms with Crippen LogP contribution in [0, 0.1) is 5.92 Å². The summed E-state index contributed by atoms with van der Waals surface area (Å²) < 4.78 is 0. The minimum Gasteiger partial charge on any atom is -0.356 e. The average molecular weight is 285 g/mol. The van der Waals surface area contributed by atoms with E-state index in [4.69, 9.17) is 0 Å². The molecule has 2 aliphatic carbocycles. The first-order valence-corrected chi connectivity index (χ1v) is 8.68. The van der Waals surface area contributed by atoms with Crippen LogP contribution in [0.1, 0.15) is 61.6 Å². The zero-order chi connectivity index (χ0) is 14.5. The number of carbonyl (C=O) groups excluding carboxylic acids is 1. The van der Waals surface area contributed by atoms with Gasteiger partial charge >= 0.3 is 0 Å². The van der Waals surface area contributed by atoms with Crippen molar-refractivity contribution >= 4 is 5.91 Å². The SMILES string of the molecule is O=C(Cc1ccc2c(c1)CCCC2)NCC1CCCCC1. The maximum Gasteiger partial charge on any atom is 0.224 e. The molecule has 0 aliphatic heterocycles. The van der Waals surface area contributed by atoms with E-state index in [1.807, 2.05) is 0 Å². The summed E-state index contributed by atoms with van der Waals surface area (Å²) in [7, 11) is 0. The van der Waals surface area contributed by atoms with Crippen LogP contribution in [0.4, 0.5) is 0 Å². The molecule has 0 spiro atoms. The molecule has 0 radical (unpaired) electrons. The van der Waals surface area contributed by atoms with Crippen molar-refractivity contribution in [2.45, 2.75) is 64.2 Å². The van der Waals surface area contributed by atoms with Crippen molar-refractivity contribution in [3.8, 4) is 0 Å². The topological polar surface area (TPSA) is 29.1 Å². The first kappa shape index (κ1) is 14.6. The van der Waals surface area contributed by atoms with E-state index in [1.54, 1.807) is 0 Å². The minimum atomic E-state index is 0.191. The van der Waals surface area contributed by atoms with Gasteiger partial charge in [0.2, 0.25) is 5.91 Å². The molecule has 0 bridgehead atoms. The summed E-state index contributed by atoms with van der Waals surface area (Å²) in [5, 5.41) is 3.14. The molecule has 0 aromatic heterocycles. The number of hydrogen-bond acceptors (Lipinski definition) is 1. The Balaban J connectivity index is 1.50. The number of carbonyl (C=O) groups is 1. The third kappa shape index (κ3) is 4.09. The van der Waals surface area contributed by atoms with Crippen LogP contribution >= 0.6 is 0 Å². The smallest absolute Gasteiger partial charge is 0.224 e. The second-order valence-electron chi connectivity index (χ2n) is 6.80. The zero-order valence-corrected chi connectivity index (χ0v) is 13.0. The molecule has 1 fully saturated rings. The Morgan fingerprint density at radius 1 is 1.00 bits per heavy atom. The van der Waals surface area contributed by atoms with Gasteiger partial charge in [0.25, 0.3) is 0 Å². The Hall–Kier alpha value is -1.31. The number of hydrogen-bond donors (Lipinski definition) is 1. The van der Waals surface area contributed by atoms with Crippen molar-refractivity contribution in [3.63, 3.8) is 0 Å². The molecule has 114 valence electrons. The highest BCUT2D eigenvalue weighted by molar-refractivity contribution is 5.78. The summed E-state index contributed by atoms with van der Waals surface area (Å²) >= 11 is 0. The molecular weight excluding hydrogens is 258 g/mol. The molecule has 1 aromatic carbocycles. The predicted molar refractivity (Wildman–Crippen MR) is 86.4 cm³/mol. The molecule has 0 atom stereocenters. The first-order chi connectivity index (χ1) is 10.3. The largest absolute Gasteiger partial charge is 0.356 e. The molecule has 1 aromatic rings. The highest BCUT2D eigenvalue weighted by Gasteiger charge is 2.15. The Morgan fingerprint density at radius 2 is 1.76 bits per heavy atom. The van der Waals surface area contributed by atoms with E-state index >= 15 is 0 Å². The van der Waals surface area contributed by atoms with Gasteiger partial charge < -0.3 is 5.32 Å². The summed E-state index contributed by atoms with van der Waals surface area (Å²) in [6, 6.07) is 6.64. The summed E-state index contributed by atoms with van der Waals surface area (Å²) in [6.45, 7) is 0.879. The average Bonchev–Trinajstić information content (AvgIpc) is 2.54. The van der Waals surface area contributed by atoms with Crippen LogP contribution in [0.3, 0.4) is 0 Å². The maximum atomic E-state index is 12.1. The van der Waals surface area contributed by atoms with Gasteiger partial charge in [-0.3, -0.25) is 4.79 Å². The fourth-order valence-corrected chi connectivity index (χ4v) is 3.79. The van der Waals surface area contributed by atoms with Crippen molar-refractivity contribution in [3.05, 3.63) is 34.9 Å². The van der Waals surface area contributed by atoms with Crippen LogP contribution in [0.15, 0.2) is 18.2 Å². The van der Waals surface area contributed by atoms with Gasteiger partial charge in [0.05, 0.1) is 6.42 Å². The molecule has 21 heavy (non-hydrogen) atoms. The number of rotatable bonds is 4. The van der Waals surface area contributed by atoms with Crippen LogP contribution in [-0.4, -0.2) is 12.5 Å². The van der Waals surface area contributed by atoms with E-state index in [-0.39, 0.29) is 5.91 Å². The predicted octanol–water partition coefficient (Wildman–Crippen LogP) is 3.80. The van der Waals surface area contributed by atoms with Gasteiger partial charge in [-0.15, -0.1) is 0 Å². The van der Waals surface area contributed by atoms with Crippen LogP contribution < -0.4 is 5.32 Å². The van der Waals surface area contributed by atoms with Crippen LogP contribution in [0.2, 0.25) is 0 Å². The van der Waals surface area contributed by atoms with Gasteiger partial charge in [-0.1, -0.05) is 37.5 Å². The van der Waals surface area contributed by atoms with Crippen molar-refractivity contribution in [2.24, 2.45) is 5.92 Å². The van der Waals surface area contributed by atoms with Gasteiger partial charge in [0, 0.05) is 6.54 Å². The molecule has 1 N–H and O–H groups in total. The Labute approximate surface area is 128 Å². The van der Waals surface area contributed by atoms with Gasteiger partial charge in [0.1, 0.15) is 0 Å². The molecule has 2 heteroatoms. The first-order valence-electron chi connectivity index (χ1n) is 8.68. The molecule has 2 aliphatic rings. The van der Waals surface area contributed by atoms with E-state index in [9.17, 15) is 4.79 Å². The summed E-state index contributed by atoms with van der Waals surface area (Å²) in [5.74, 6) is 0.905. The van der Waals surface area contributed by atoms with Gasteiger partial charge in [-0.25, -0.2) is 0 Å². The van der Waals surface area contributed by atoms with Crippen LogP contribution in [-0.2, 0) is 24.1 Å². The lowest BCUT2D eigenvalue weighted by molar-refractivity contribution is -0.120. The monoisotopic (exact) mass is 285 g/mol. The molecule has 1 amide bonds. The van der Waals surface area contributed by atoms with Gasteiger partial charge in [-0.05, 0) is 61.1 Å². The molecule has 2 nitrogen and oxygen atoms in total.